The van der Waals surface area contributed by atoms with Gasteiger partial charge in [-0.2, -0.15) is 10.1 Å². The molecule has 0 aliphatic carbocycles. The zero-order valence-corrected chi connectivity index (χ0v) is 18.1. The second-order valence-electron chi connectivity index (χ2n) is 7.60. The van der Waals surface area contributed by atoms with E-state index in [1.54, 1.807) is 17.8 Å². The van der Waals surface area contributed by atoms with Crippen LogP contribution in [0.4, 0.5) is 5.95 Å². The van der Waals surface area contributed by atoms with Crippen molar-refractivity contribution in [3.63, 3.8) is 0 Å². The van der Waals surface area contributed by atoms with Crippen LogP contribution in [0.2, 0.25) is 0 Å². The van der Waals surface area contributed by atoms with Gasteiger partial charge in [0, 0.05) is 13.1 Å². The van der Waals surface area contributed by atoms with Gasteiger partial charge in [-0.05, 0) is 49.2 Å². The summed E-state index contributed by atoms with van der Waals surface area (Å²) in [4.78, 5) is 31.0. The van der Waals surface area contributed by atoms with Crippen molar-refractivity contribution in [2.24, 2.45) is 12.1 Å². The molecule has 32 heavy (non-hydrogen) atoms. The minimum atomic E-state index is -0.513. The third-order valence-electron chi connectivity index (χ3n) is 4.97. The number of imidazole rings is 1. The van der Waals surface area contributed by atoms with Crippen molar-refractivity contribution in [3.05, 3.63) is 86.6 Å². The van der Waals surface area contributed by atoms with Gasteiger partial charge in [0.05, 0.1) is 6.21 Å². The summed E-state index contributed by atoms with van der Waals surface area (Å²) in [6.45, 7) is 4.35. The molecule has 0 aliphatic heterocycles. The van der Waals surface area contributed by atoms with Gasteiger partial charge >= 0.3 is 5.69 Å². The van der Waals surface area contributed by atoms with E-state index in [2.05, 4.69) is 20.5 Å². The summed E-state index contributed by atoms with van der Waals surface area (Å²) in [6, 6.07) is 17.4. The van der Waals surface area contributed by atoms with Gasteiger partial charge in [0.25, 0.3) is 5.56 Å². The number of ether oxygens (including phenoxy) is 1. The number of hydrogen-bond acceptors (Lipinski definition) is 6. The molecule has 4 rings (SSSR count). The molecule has 0 saturated heterocycles. The first-order valence-corrected chi connectivity index (χ1v) is 10.2. The average Bonchev–Trinajstić information content (AvgIpc) is 3.18. The van der Waals surface area contributed by atoms with E-state index in [1.165, 1.54) is 4.57 Å². The molecule has 0 amide bonds. The van der Waals surface area contributed by atoms with Crippen LogP contribution in [-0.2, 0) is 13.7 Å². The molecule has 2 aromatic carbocycles. The standard InChI is InChI=1S/C23H24N6O3/c1-15(2)29-19-20(28(3)23(31)26-21(19)30)25-22(29)27-24-13-16-9-11-18(12-10-16)32-14-17-7-5-4-6-8-17/h4-13,15H,14H2,1-3H3,(H,25,27)(H,26,30,31)/b24-13+. The van der Waals surface area contributed by atoms with Crippen LogP contribution in [0.5, 0.6) is 5.75 Å². The molecule has 0 fully saturated rings. The van der Waals surface area contributed by atoms with Gasteiger partial charge in [-0.15, -0.1) is 0 Å². The molecule has 0 bridgehead atoms. The van der Waals surface area contributed by atoms with Gasteiger partial charge in [0.15, 0.2) is 11.2 Å². The fourth-order valence-electron chi connectivity index (χ4n) is 3.34. The maximum absolute atomic E-state index is 12.4. The topological polar surface area (TPSA) is 106 Å². The first kappa shape index (κ1) is 21.1. The van der Waals surface area contributed by atoms with Crippen molar-refractivity contribution in [3.8, 4) is 5.75 Å². The number of benzene rings is 2. The summed E-state index contributed by atoms with van der Waals surface area (Å²) in [5, 5.41) is 4.26. The lowest BCUT2D eigenvalue weighted by molar-refractivity contribution is 0.306. The number of aryl methyl sites for hydroxylation is 1. The maximum Gasteiger partial charge on any atom is 0.329 e. The lowest BCUT2D eigenvalue weighted by atomic mass is 10.2. The highest BCUT2D eigenvalue weighted by atomic mass is 16.5. The van der Waals surface area contributed by atoms with Crippen molar-refractivity contribution in [2.75, 3.05) is 5.43 Å². The van der Waals surface area contributed by atoms with E-state index in [9.17, 15) is 9.59 Å². The molecular formula is C23H24N6O3. The van der Waals surface area contributed by atoms with E-state index in [4.69, 9.17) is 4.74 Å². The molecule has 0 atom stereocenters. The van der Waals surface area contributed by atoms with Gasteiger partial charge in [-0.25, -0.2) is 10.2 Å². The summed E-state index contributed by atoms with van der Waals surface area (Å²) in [7, 11) is 1.56. The summed E-state index contributed by atoms with van der Waals surface area (Å²) >= 11 is 0. The Bertz CT molecular complexity index is 1370. The number of fused-ring (bicyclic) bond motifs is 1. The van der Waals surface area contributed by atoms with Gasteiger partial charge in [-0.3, -0.25) is 14.3 Å². The smallest absolute Gasteiger partial charge is 0.329 e. The number of anilines is 1. The van der Waals surface area contributed by atoms with Crippen LogP contribution in [-0.4, -0.2) is 25.3 Å². The van der Waals surface area contributed by atoms with E-state index in [-0.39, 0.29) is 6.04 Å². The average molecular weight is 432 g/mol. The van der Waals surface area contributed by atoms with Crippen LogP contribution in [0, 0.1) is 0 Å². The highest BCUT2D eigenvalue weighted by molar-refractivity contribution is 5.80. The van der Waals surface area contributed by atoms with E-state index in [1.807, 2.05) is 68.4 Å². The summed E-state index contributed by atoms with van der Waals surface area (Å²) in [6.07, 6.45) is 1.65. The Morgan fingerprint density at radius 2 is 1.84 bits per heavy atom. The largest absolute Gasteiger partial charge is 0.489 e. The fourth-order valence-corrected chi connectivity index (χ4v) is 3.34. The first-order valence-electron chi connectivity index (χ1n) is 10.2. The third kappa shape index (κ3) is 4.31. The highest BCUT2D eigenvalue weighted by Gasteiger charge is 2.18. The summed E-state index contributed by atoms with van der Waals surface area (Å²) in [5.41, 5.74) is 4.48. The molecule has 164 valence electrons. The molecule has 9 heteroatoms. The Balaban J connectivity index is 1.50. The molecule has 0 unspecified atom stereocenters. The Kier molecular flexibility index (Phi) is 5.89. The Hall–Kier alpha value is -4.14. The number of nitrogens with one attached hydrogen (secondary N) is 2. The second-order valence-corrected chi connectivity index (χ2v) is 7.60. The van der Waals surface area contributed by atoms with Crippen LogP contribution in [0.25, 0.3) is 11.2 Å². The monoisotopic (exact) mass is 432 g/mol. The summed E-state index contributed by atoms with van der Waals surface area (Å²) < 4.78 is 8.81. The SMILES string of the molecule is CC(C)n1c(N/N=C/c2ccc(OCc3ccccc3)cc2)nc2c1c(=O)[nH]c(=O)n2C. The van der Waals surface area contributed by atoms with Crippen LogP contribution >= 0.6 is 0 Å². The maximum atomic E-state index is 12.4. The third-order valence-corrected chi connectivity index (χ3v) is 4.97. The van der Waals surface area contributed by atoms with Crippen LogP contribution < -0.4 is 21.4 Å². The van der Waals surface area contributed by atoms with Gasteiger partial charge in [0.2, 0.25) is 5.95 Å². The van der Waals surface area contributed by atoms with E-state index < -0.39 is 11.2 Å². The first-order chi connectivity index (χ1) is 15.4. The lowest BCUT2D eigenvalue weighted by Crippen LogP contribution is -2.29. The van der Waals surface area contributed by atoms with Gasteiger partial charge < -0.3 is 9.30 Å². The zero-order chi connectivity index (χ0) is 22.7. The molecule has 0 spiro atoms. The number of aromatic nitrogens is 4. The molecule has 0 aliphatic rings. The minimum Gasteiger partial charge on any atom is -0.489 e. The number of H-pyrrole nitrogens is 1. The molecule has 0 radical (unpaired) electrons. The van der Waals surface area contributed by atoms with E-state index in [0.29, 0.717) is 23.7 Å². The van der Waals surface area contributed by atoms with Gasteiger partial charge in [0.1, 0.15) is 12.4 Å². The van der Waals surface area contributed by atoms with Crippen molar-refractivity contribution >= 4 is 23.3 Å². The molecule has 4 aromatic rings. The van der Waals surface area contributed by atoms with Gasteiger partial charge in [-0.1, -0.05) is 30.3 Å². The predicted molar refractivity (Wildman–Crippen MR) is 124 cm³/mol. The zero-order valence-electron chi connectivity index (χ0n) is 18.1. The van der Waals surface area contributed by atoms with E-state index in [0.717, 1.165) is 16.9 Å². The van der Waals surface area contributed by atoms with Crippen LogP contribution in [0.3, 0.4) is 0 Å². The number of nitrogens with zero attached hydrogens (tertiary/aromatic N) is 4. The van der Waals surface area contributed by atoms with Crippen molar-refractivity contribution < 1.29 is 4.74 Å². The number of rotatable bonds is 7. The Morgan fingerprint density at radius 3 is 2.53 bits per heavy atom. The number of aromatic amines is 1. The molecule has 0 saturated carbocycles. The van der Waals surface area contributed by atoms with Crippen molar-refractivity contribution in [1.82, 2.24) is 19.1 Å². The van der Waals surface area contributed by atoms with Crippen LogP contribution in [0.15, 0.2) is 69.3 Å². The van der Waals surface area contributed by atoms with Crippen molar-refractivity contribution in [1.29, 1.82) is 0 Å². The van der Waals surface area contributed by atoms with Crippen molar-refractivity contribution in [2.45, 2.75) is 26.5 Å². The lowest BCUT2D eigenvalue weighted by Gasteiger charge is -2.11. The molecule has 2 heterocycles. The second kappa shape index (κ2) is 8.93. The van der Waals surface area contributed by atoms with Crippen LogP contribution in [0.1, 0.15) is 31.0 Å². The minimum absolute atomic E-state index is 0.0719. The summed E-state index contributed by atoms with van der Waals surface area (Å²) in [5.74, 6) is 1.14. The van der Waals surface area contributed by atoms with E-state index >= 15 is 0 Å². The Morgan fingerprint density at radius 1 is 1.12 bits per heavy atom. The molecular weight excluding hydrogens is 408 g/mol. The molecule has 9 nitrogen and oxygen atoms in total. The quantitative estimate of drug-likeness (QED) is 0.345. The fraction of sp³-hybridized carbons (Fsp3) is 0.217. The number of hydrogen-bond donors (Lipinski definition) is 2. The normalized spacial score (nSPS) is 11.5. The number of hydrazone groups is 1. The highest BCUT2D eigenvalue weighted by Crippen LogP contribution is 2.21. The molecule has 2 N–H and O–H groups in total. The Labute approximate surface area is 184 Å². The molecule has 2 aromatic heterocycles. The predicted octanol–water partition coefficient (Wildman–Crippen LogP) is 3.03.